The molecule has 0 spiro atoms. The lowest BCUT2D eigenvalue weighted by Crippen LogP contribution is -2.40. The molecule has 1 aliphatic heterocycles. The van der Waals surface area contributed by atoms with E-state index in [0.29, 0.717) is 37.9 Å². The number of aromatic nitrogens is 1. The first-order valence-corrected chi connectivity index (χ1v) is 12.8. The van der Waals surface area contributed by atoms with Crippen molar-refractivity contribution >= 4 is 29.1 Å². The van der Waals surface area contributed by atoms with Gasteiger partial charge in [-0.3, -0.25) is 9.36 Å². The molecule has 38 heavy (non-hydrogen) atoms. The summed E-state index contributed by atoms with van der Waals surface area (Å²) < 4.78 is 24.1. The third-order valence-corrected chi connectivity index (χ3v) is 7.11. The number of furan rings is 1. The molecule has 0 N–H and O–H groups in total. The minimum atomic E-state index is -0.819. The zero-order valence-corrected chi connectivity index (χ0v) is 22.2. The third kappa shape index (κ3) is 4.56. The van der Waals surface area contributed by atoms with E-state index in [2.05, 4.69) is 0 Å². The molecule has 4 aromatic rings. The van der Waals surface area contributed by atoms with Gasteiger partial charge >= 0.3 is 5.97 Å². The van der Waals surface area contributed by atoms with Crippen LogP contribution in [0.5, 0.6) is 11.5 Å². The minimum absolute atomic E-state index is 0.172. The molecule has 0 saturated carbocycles. The van der Waals surface area contributed by atoms with Crippen molar-refractivity contribution in [3.05, 3.63) is 109 Å². The van der Waals surface area contributed by atoms with Crippen molar-refractivity contribution in [1.82, 2.24) is 4.57 Å². The second-order valence-corrected chi connectivity index (χ2v) is 9.50. The number of nitrogens with zero attached hydrogens (tertiary/aromatic N) is 2. The van der Waals surface area contributed by atoms with Crippen LogP contribution in [0.4, 0.5) is 0 Å². The molecule has 3 heterocycles. The van der Waals surface area contributed by atoms with E-state index in [9.17, 15) is 9.59 Å². The van der Waals surface area contributed by atoms with Crippen molar-refractivity contribution in [2.75, 3.05) is 20.8 Å². The molecule has 2 aromatic carbocycles. The van der Waals surface area contributed by atoms with Gasteiger partial charge in [0.05, 0.1) is 42.7 Å². The number of fused-ring (bicyclic) bond motifs is 1. The number of carbonyl (C=O) groups is 1. The number of esters is 1. The van der Waals surface area contributed by atoms with Crippen LogP contribution in [0.3, 0.4) is 0 Å². The van der Waals surface area contributed by atoms with Crippen molar-refractivity contribution in [2.24, 2.45) is 4.99 Å². The van der Waals surface area contributed by atoms with Gasteiger partial charge in [-0.2, -0.15) is 0 Å². The summed E-state index contributed by atoms with van der Waals surface area (Å²) in [6, 6.07) is 17.6. The van der Waals surface area contributed by atoms with Crippen molar-refractivity contribution in [3.8, 4) is 11.5 Å². The minimum Gasteiger partial charge on any atom is -0.493 e. The van der Waals surface area contributed by atoms with Crippen LogP contribution in [0.25, 0.3) is 11.8 Å². The monoisotopic (exact) mass is 530 g/mol. The average molecular weight is 531 g/mol. The van der Waals surface area contributed by atoms with Crippen molar-refractivity contribution in [1.29, 1.82) is 0 Å². The highest BCUT2D eigenvalue weighted by Crippen LogP contribution is 2.38. The second-order valence-electron chi connectivity index (χ2n) is 8.49. The molecular formula is C29H26N2O6S. The second kappa shape index (κ2) is 10.5. The van der Waals surface area contributed by atoms with E-state index < -0.39 is 12.0 Å². The smallest absolute Gasteiger partial charge is 0.338 e. The largest absolute Gasteiger partial charge is 0.493 e. The first-order valence-electron chi connectivity index (χ1n) is 12.0. The number of hydrogen-bond donors (Lipinski definition) is 0. The Morgan fingerprint density at radius 3 is 2.50 bits per heavy atom. The molecule has 9 heteroatoms. The number of hydrogen-bond acceptors (Lipinski definition) is 8. The summed E-state index contributed by atoms with van der Waals surface area (Å²) in [5.41, 5.74) is 1.80. The van der Waals surface area contributed by atoms with Crippen molar-refractivity contribution < 1.29 is 23.4 Å². The van der Waals surface area contributed by atoms with Gasteiger partial charge < -0.3 is 18.6 Å². The number of ether oxygens (including phenoxy) is 3. The van der Waals surface area contributed by atoms with Crippen LogP contribution in [-0.4, -0.2) is 31.4 Å². The van der Waals surface area contributed by atoms with Crippen LogP contribution in [0.15, 0.2) is 80.4 Å². The van der Waals surface area contributed by atoms with E-state index in [1.54, 1.807) is 38.3 Å². The third-order valence-electron chi connectivity index (χ3n) is 6.13. The highest BCUT2D eigenvalue weighted by molar-refractivity contribution is 7.07. The Morgan fingerprint density at radius 2 is 1.84 bits per heavy atom. The number of rotatable bonds is 7. The summed E-state index contributed by atoms with van der Waals surface area (Å²) in [7, 11) is 3.09. The van der Waals surface area contributed by atoms with Gasteiger partial charge in [0.25, 0.3) is 5.56 Å². The Kier molecular flexibility index (Phi) is 7.02. The molecule has 1 atom stereocenters. The molecular weight excluding hydrogens is 504 g/mol. The molecule has 2 aromatic heterocycles. The summed E-state index contributed by atoms with van der Waals surface area (Å²) in [6.07, 6.45) is 1.69. The number of methoxy groups -OCH3 is 2. The van der Waals surface area contributed by atoms with E-state index in [0.717, 1.165) is 11.3 Å². The first kappa shape index (κ1) is 25.3. The van der Waals surface area contributed by atoms with Gasteiger partial charge in [-0.15, -0.1) is 0 Å². The predicted molar refractivity (Wildman–Crippen MR) is 144 cm³/mol. The number of thiazole rings is 1. The number of benzene rings is 2. The fraction of sp³-hybridized carbons (Fsp3) is 0.207. The highest BCUT2D eigenvalue weighted by Gasteiger charge is 2.35. The predicted octanol–water partition coefficient (Wildman–Crippen LogP) is 3.85. The standard InChI is InChI=1S/C29H26N2O6S/c1-5-36-28(33)24-25(18-9-7-6-8-10-18)30-29-31(26(24)19-12-14-21(34-3)22(15-19)35-4)27(32)23(38-29)16-20-13-11-17(2)37-20/h6-16,26H,5H2,1-4H3/b23-16-. The number of carbonyl (C=O) groups excluding carboxylic acids is 1. The fourth-order valence-electron chi connectivity index (χ4n) is 4.44. The SMILES string of the molecule is CCOC(=O)C1=C(c2ccccc2)N=c2s/c(=C\c3ccc(C)o3)c(=O)n2C1c1ccc(OC)c(OC)c1. The van der Waals surface area contributed by atoms with E-state index in [1.807, 2.05) is 49.4 Å². The summed E-state index contributed by atoms with van der Waals surface area (Å²) in [5, 5.41) is 0. The molecule has 0 radical (unpaired) electrons. The summed E-state index contributed by atoms with van der Waals surface area (Å²) in [4.78, 5) is 32.7. The van der Waals surface area contributed by atoms with Crippen LogP contribution in [0.2, 0.25) is 0 Å². The van der Waals surface area contributed by atoms with Crippen LogP contribution in [0, 0.1) is 6.92 Å². The van der Waals surface area contributed by atoms with Gasteiger partial charge in [-0.05, 0) is 43.7 Å². The topological polar surface area (TPSA) is 92.3 Å². The maximum atomic E-state index is 13.9. The molecule has 0 amide bonds. The van der Waals surface area contributed by atoms with Gasteiger partial charge in [-0.25, -0.2) is 9.79 Å². The molecule has 0 bridgehead atoms. The Labute approximate surface area is 222 Å². The molecule has 5 rings (SSSR count). The molecule has 1 unspecified atom stereocenters. The van der Waals surface area contributed by atoms with E-state index >= 15 is 0 Å². The molecule has 8 nitrogen and oxygen atoms in total. The Morgan fingerprint density at radius 1 is 1.08 bits per heavy atom. The lowest BCUT2D eigenvalue weighted by molar-refractivity contribution is -0.138. The lowest BCUT2D eigenvalue weighted by atomic mass is 9.93. The van der Waals surface area contributed by atoms with E-state index in [1.165, 1.54) is 23.0 Å². The summed E-state index contributed by atoms with van der Waals surface area (Å²) in [6.45, 7) is 3.76. The van der Waals surface area contributed by atoms with Gasteiger partial charge in [-0.1, -0.05) is 47.7 Å². The zero-order valence-electron chi connectivity index (χ0n) is 21.4. The highest BCUT2D eigenvalue weighted by atomic mass is 32.1. The summed E-state index contributed by atoms with van der Waals surface area (Å²) in [5.74, 6) is 1.75. The van der Waals surface area contributed by atoms with E-state index in [4.69, 9.17) is 23.6 Å². The maximum absolute atomic E-state index is 13.9. The molecule has 0 aliphatic carbocycles. The average Bonchev–Trinajstić information content (AvgIpc) is 3.49. The van der Waals surface area contributed by atoms with E-state index in [-0.39, 0.29) is 17.7 Å². The van der Waals surface area contributed by atoms with Gasteiger partial charge in [0.15, 0.2) is 16.3 Å². The van der Waals surface area contributed by atoms with Gasteiger partial charge in [0, 0.05) is 11.6 Å². The Hall–Kier alpha value is -4.37. The normalized spacial score (nSPS) is 15.2. The van der Waals surface area contributed by atoms with Gasteiger partial charge in [0.1, 0.15) is 11.5 Å². The van der Waals surface area contributed by atoms with Crippen molar-refractivity contribution in [3.63, 3.8) is 0 Å². The molecule has 1 aliphatic rings. The quantitative estimate of drug-likeness (QED) is 0.337. The molecule has 0 saturated heterocycles. The first-order chi connectivity index (χ1) is 18.4. The van der Waals surface area contributed by atoms with Crippen molar-refractivity contribution in [2.45, 2.75) is 19.9 Å². The Balaban J connectivity index is 1.85. The van der Waals surface area contributed by atoms with Crippen LogP contribution < -0.4 is 24.4 Å². The zero-order chi connectivity index (χ0) is 26.8. The fourth-order valence-corrected chi connectivity index (χ4v) is 5.42. The Bertz CT molecular complexity index is 1710. The maximum Gasteiger partial charge on any atom is 0.338 e. The van der Waals surface area contributed by atoms with Crippen LogP contribution >= 0.6 is 11.3 Å². The van der Waals surface area contributed by atoms with Crippen LogP contribution in [-0.2, 0) is 9.53 Å². The summed E-state index contributed by atoms with van der Waals surface area (Å²) >= 11 is 1.23. The molecule has 0 fully saturated rings. The van der Waals surface area contributed by atoms with Gasteiger partial charge in [0.2, 0.25) is 0 Å². The lowest BCUT2D eigenvalue weighted by Gasteiger charge is -2.26. The molecule has 194 valence electrons. The van der Waals surface area contributed by atoms with Crippen LogP contribution in [0.1, 0.15) is 35.6 Å². The number of aryl methyl sites for hydroxylation is 1.